The van der Waals surface area contributed by atoms with Gasteiger partial charge in [0.05, 0.1) is 12.5 Å². The second-order valence-corrected chi connectivity index (χ2v) is 6.51. The van der Waals surface area contributed by atoms with Crippen LogP contribution >= 0.6 is 0 Å². The summed E-state index contributed by atoms with van der Waals surface area (Å²) in [6.07, 6.45) is 3.59. The summed E-state index contributed by atoms with van der Waals surface area (Å²) in [7, 11) is 0. The molecule has 2 aliphatic rings. The normalized spacial score (nSPS) is 18.3. The minimum atomic E-state index is -0.732. The number of imide groups is 1. The third-order valence-corrected chi connectivity index (χ3v) is 4.79. The largest absolute Gasteiger partial charge is 0.326 e. The van der Waals surface area contributed by atoms with Crippen LogP contribution in [-0.2, 0) is 16.0 Å². The van der Waals surface area contributed by atoms with Crippen LogP contribution in [0.4, 0.5) is 10.5 Å². The van der Waals surface area contributed by atoms with Gasteiger partial charge in [-0.3, -0.25) is 14.5 Å². The second kappa shape index (κ2) is 6.93. The van der Waals surface area contributed by atoms with E-state index in [9.17, 15) is 14.4 Å². The molecule has 25 heavy (non-hydrogen) atoms. The first-order chi connectivity index (χ1) is 12.0. The Balaban J connectivity index is 1.53. The maximum atomic E-state index is 12.5. The Morgan fingerprint density at radius 3 is 2.56 bits per heavy atom. The van der Waals surface area contributed by atoms with Crippen molar-refractivity contribution in [2.75, 3.05) is 11.9 Å². The zero-order valence-electron chi connectivity index (χ0n) is 13.9. The van der Waals surface area contributed by atoms with Gasteiger partial charge in [0.1, 0.15) is 5.54 Å². The predicted molar refractivity (Wildman–Crippen MR) is 90.4 cm³/mol. The van der Waals surface area contributed by atoms with Crippen molar-refractivity contribution in [3.8, 4) is 6.07 Å². The van der Waals surface area contributed by atoms with Crippen LogP contribution in [0.5, 0.6) is 0 Å². The first-order valence-corrected chi connectivity index (χ1v) is 8.44. The zero-order valence-corrected chi connectivity index (χ0v) is 13.9. The molecular weight excluding hydrogens is 320 g/mol. The molecule has 0 unspecified atom stereocenters. The molecule has 130 valence electrons. The number of hydrogen-bond donors (Lipinski definition) is 2. The van der Waals surface area contributed by atoms with Crippen molar-refractivity contribution >= 4 is 23.5 Å². The summed E-state index contributed by atoms with van der Waals surface area (Å²) in [6.45, 7) is 0.0742. The van der Waals surface area contributed by atoms with Gasteiger partial charge in [-0.05, 0) is 30.5 Å². The number of nitrogens with one attached hydrogen (secondary N) is 2. The standard InChI is InChI=1S/C18H20N4O3/c19-11-7-13-3-5-14(6-4-13)20-15(23)8-12-22-16(24)18(21-17(22)25)9-1-2-10-18/h3-6H,1-2,7-10,12H2,(H,20,23)(H,21,25). The summed E-state index contributed by atoms with van der Waals surface area (Å²) in [5, 5.41) is 14.2. The Labute approximate surface area is 146 Å². The van der Waals surface area contributed by atoms with Crippen molar-refractivity contribution in [2.45, 2.75) is 44.1 Å². The van der Waals surface area contributed by atoms with Crippen molar-refractivity contribution in [3.63, 3.8) is 0 Å². The van der Waals surface area contributed by atoms with E-state index in [1.807, 2.05) is 0 Å². The molecule has 1 aliphatic carbocycles. The summed E-state index contributed by atoms with van der Waals surface area (Å²) in [4.78, 5) is 37.8. The summed E-state index contributed by atoms with van der Waals surface area (Å²) in [6, 6.07) is 8.67. The van der Waals surface area contributed by atoms with Crippen molar-refractivity contribution in [1.29, 1.82) is 5.26 Å². The molecule has 1 aromatic rings. The van der Waals surface area contributed by atoms with Gasteiger partial charge in [0.25, 0.3) is 5.91 Å². The number of carbonyl (C=O) groups excluding carboxylic acids is 3. The molecule has 1 spiro atoms. The molecule has 0 bridgehead atoms. The topological polar surface area (TPSA) is 102 Å². The maximum Gasteiger partial charge on any atom is 0.325 e. The van der Waals surface area contributed by atoms with E-state index in [1.165, 1.54) is 0 Å². The molecule has 1 saturated carbocycles. The Bertz CT molecular complexity index is 730. The van der Waals surface area contributed by atoms with Crippen molar-refractivity contribution in [2.24, 2.45) is 0 Å². The monoisotopic (exact) mass is 340 g/mol. The highest BCUT2D eigenvalue weighted by Gasteiger charge is 2.52. The van der Waals surface area contributed by atoms with Crippen molar-refractivity contribution in [1.82, 2.24) is 10.2 Å². The van der Waals surface area contributed by atoms with Crippen molar-refractivity contribution in [3.05, 3.63) is 29.8 Å². The number of amides is 4. The first-order valence-electron chi connectivity index (χ1n) is 8.44. The lowest BCUT2D eigenvalue weighted by Crippen LogP contribution is -2.44. The van der Waals surface area contributed by atoms with Crippen LogP contribution in [0.25, 0.3) is 0 Å². The summed E-state index contributed by atoms with van der Waals surface area (Å²) in [5.74, 6) is -0.468. The fourth-order valence-corrected chi connectivity index (χ4v) is 3.43. The highest BCUT2D eigenvalue weighted by molar-refractivity contribution is 6.07. The lowest BCUT2D eigenvalue weighted by Gasteiger charge is -2.19. The molecular formula is C18H20N4O3. The molecule has 1 saturated heterocycles. The number of benzene rings is 1. The van der Waals surface area contributed by atoms with Gasteiger partial charge in [0.15, 0.2) is 0 Å². The Hall–Kier alpha value is -2.88. The second-order valence-electron chi connectivity index (χ2n) is 6.51. The zero-order chi connectivity index (χ0) is 17.9. The van der Waals surface area contributed by atoms with Gasteiger partial charge in [-0.25, -0.2) is 4.79 Å². The summed E-state index contributed by atoms with van der Waals surface area (Å²) in [5.41, 5.74) is 0.766. The van der Waals surface area contributed by atoms with Crippen molar-refractivity contribution < 1.29 is 14.4 Å². The fourth-order valence-electron chi connectivity index (χ4n) is 3.43. The van der Waals surface area contributed by atoms with E-state index in [4.69, 9.17) is 5.26 Å². The molecule has 1 aliphatic heterocycles. The lowest BCUT2D eigenvalue weighted by atomic mass is 9.98. The molecule has 0 atom stereocenters. The lowest BCUT2D eigenvalue weighted by molar-refractivity contribution is -0.131. The molecule has 2 fully saturated rings. The minimum Gasteiger partial charge on any atom is -0.326 e. The number of nitrogens with zero attached hydrogens (tertiary/aromatic N) is 2. The van der Waals surface area contributed by atoms with Crippen LogP contribution in [0.2, 0.25) is 0 Å². The van der Waals surface area contributed by atoms with E-state index in [0.29, 0.717) is 24.9 Å². The van der Waals surface area contributed by atoms with E-state index < -0.39 is 11.6 Å². The molecule has 0 aromatic heterocycles. The summed E-state index contributed by atoms with van der Waals surface area (Å²) < 4.78 is 0. The molecule has 1 aromatic carbocycles. The molecule has 7 heteroatoms. The third-order valence-electron chi connectivity index (χ3n) is 4.79. The SMILES string of the molecule is N#CCc1ccc(NC(=O)CCN2C(=O)NC3(CCCC3)C2=O)cc1. The highest BCUT2D eigenvalue weighted by atomic mass is 16.2. The fraction of sp³-hybridized carbons (Fsp3) is 0.444. The minimum absolute atomic E-state index is 0.0508. The van der Waals surface area contributed by atoms with Gasteiger partial charge < -0.3 is 10.6 Å². The van der Waals surface area contributed by atoms with E-state index in [-0.39, 0.29) is 24.8 Å². The van der Waals surface area contributed by atoms with E-state index in [2.05, 4.69) is 16.7 Å². The molecule has 1 heterocycles. The van der Waals surface area contributed by atoms with Gasteiger partial charge in [0.2, 0.25) is 5.91 Å². The maximum absolute atomic E-state index is 12.5. The van der Waals surface area contributed by atoms with Crippen LogP contribution in [-0.4, -0.2) is 34.8 Å². The van der Waals surface area contributed by atoms with Crippen LogP contribution < -0.4 is 10.6 Å². The van der Waals surface area contributed by atoms with Crippen LogP contribution in [0.3, 0.4) is 0 Å². The van der Waals surface area contributed by atoms with E-state index in [1.54, 1.807) is 24.3 Å². The number of rotatable bonds is 5. The summed E-state index contributed by atoms with van der Waals surface area (Å²) >= 11 is 0. The third kappa shape index (κ3) is 3.48. The molecule has 7 nitrogen and oxygen atoms in total. The Morgan fingerprint density at radius 2 is 1.92 bits per heavy atom. The Kier molecular flexibility index (Phi) is 4.70. The van der Waals surface area contributed by atoms with Crippen LogP contribution in [0, 0.1) is 11.3 Å². The van der Waals surface area contributed by atoms with Gasteiger partial charge in [-0.15, -0.1) is 0 Å². The average molecular weight is 340 g/mol. The number of urea groups is 1. The Morgan fingerprint density at radius 1 is 1.24 bits per heavy atom. The smallest absolute Gasteiger partial charge is 0.325 e. The number of nitriles is 1. The molecule has 2 N–H and O–H groups in total. The van der Waals surface area contributed by atoms with E-state index >= 15 is 0 Å². The van der Waals surface area contributed by atoms with Crippen LogP contribution in [0.15, 0.2) is 24.3 Å². The van der Waals surface area contributed by atoms with Gasteiger partial charge in [0, 0.05) is 18.7 Å². The van der Waals surface area contributed by atoms with E-state index in [0.717, 1.165) is 23.3 Å². The predicted octanol–water partition coefficient (Wildman–Crippen LogP) is 1.95. The molecule has 0 radical (unpaired) electrons. The number of carbonyl (C=O) groups is 3. The number of hydrogen-bond acceptors (Lipinski definition) is 4. The van der Waals surface area contributed by atoms with Gasteiger partial charge >= 0.3 is 6.03 Å². The van der Waals surface area contributed by atoms with Gasteiger partial charge in [-0.1, -0.05) is 25.0 Å². The highest BCUT2D eigenvalue weighted by Crippen LogP contribution is 2.35. The quantitative estimate of drug-likeness (QED) is 0.800. The van der Waals surface area contributed by atoms with Crippen LogP contribution in [0.1, 0.15) is 37.7 Å². The average Bonchev–Trinajstić information content (AvgIpc) is 3.14. The molecule has 4 amide bonds. The van der Waals surface area contributed by atoms with Gasteiger partial charge in [-0.2, -0.15) is 5.26 Å². The number of anilines is 1. The first kappa shape index (κ1) is 17.0. The molecule has 3 rings (SSSR count).